The van der Waals surface area contributed by atoms with E-state index >= 15 is 0 Å². The van der Waals surface area contributed by atoms with Gasteiger partial charge in [-0.3, -0.25) is 4.90 Å². The van der Waals surface area contributed by atoms with Gasteiger partial charge in [0.1, 0.15) is 17.3 Å². The smallest absolute Gasteiger partial charge is 0.127 e. The van der Waals surface area contributed by atoms with Gasteiger partial charge in [-0.05, 0) is 43.0 Å². The molecule has 1 aliphatic carbocycles. The molecule has 4 nitrogen and oxygen atoms in total. The van der Waals surface area contributed by atoms with Crippen LogP contribution in [0.1, 0.15) is 49.3 Å². The van der Waals surface area contributed by atoms with Gasteiger partial charge in [0, 0.05) is 36.7 Å². The minimum absolute atomic E-state index is 0.0122. The molecule has 0 bridgehead atoms. The van der Waals surface area contributed by atoms with Crippen LogP contribution < -0.4 is 9.47 Å². The molecule has 1 saturated heterocycles. The van der Waals surface area contributed by atoms with Crippen molar-refractivity contribution in [2.45, 2.75) is 50.3 Å². The Bertz CT molecular complexity index is 858. The van der Waals surface area contributed by atoms with Crippen LogP contribution in [0.4, 0.5) is 4.39 Å². The summed E-state index contributed by atoms with van der Waals surface area (Å²) >= 11 is 0. The van der Waals surface area contributed by atoms with E-state index in [1.54, 1.807) is 26.4 Å². The Morgan fingerprint density at radius 1 is 1.10 bits per heavy atom. The number of fused-ring (bicyclic) bond motifs is 1. The highest BCUT2D eigenvalue weighted by molar-refractivity contribution is 5.43. The summed E-state index contributed by atoms with van der Waals surface area (Å²) in [4.78, 5) is 2.38. The van der Waals surface area contributed by atoms with Crippen molar-refractivity contribution in [3.05, 3.63) is 59.4 Å². The van der Waals surface area contributed by atoms with E-state index in [0.717, 1.165) is 61.3 Å². The first-order valence-corrected chi connectivity index (χ1v) is 10.5. The number of likely N-dealkylation sites (tertiary alicyclic amines) is 1. The molecule has 1 heterocycles. The number of piperidine rings is 1. The standard InChI is InChI=1S/C24H30FNO3/c1-28-19-9-10-20(22(15-19)29-2)23-21-8-3-4-11-24(21,27)12-13-26(23)16-17-6-5-7-18(25)14-17/h5-7,9-10,14-15,21,23,27H,3-4,8,11-13,16H2,1-2H3/t21-,23+,24+/m1/s1. The molecule has 3 atom stereocenters. The lowest BCUT2D eigenvalue weighted by molar-refractivity contribution is -0.126. The lowest BCUT2D eigenvalue weighted by Gasteiger charge is -2.53. The summed E-state index contributed by atoms with van der Waals surface area (Å²) < 4.78 is 24.9. The number of aliphatic hydroxyl groups is 1. The molecule has 1 aliphatic heterocycles. The number of ether oxygens (including phenoxy) is 2. The van der Waals surface area contributed by atoms with Gasteiger partial charge in [0.05, 0.1) is 19.8 Å². The maximum Gasteiger partial charge on any atom is 0.127 e. The molecule has 0 aromatic heterocycles. The van der Waals surface area contributed by atoms with E-state index in [9.17, 15) is 9.50 Å². The fourth-order valence-electron chi connectivity index (χ4n) is 5.27. The first-order chi connectivity index (χ1) is 14.0. The number of hydrogen-bond donors (Lipinski definition) is 1. The molecule has 0 spiro atoms. The Balaban J connectivity index is 1.74. The van der Waals surface area contributed by atoms with Gasteiger partial charge >= 0.3 is 0 Å². The fraction of sp³-hybridized carbons (Fsp3) is 0.500. The molecule has 0 unspecified atom stereocenters. The van der Waals surface area contributed by atoms with Crippen molar-refractivity contribution in [2.24, 2.45) is 5.92 Å². The van der Waals surface area contributed by atoms with Crippen LogP contribution in [-0.4, -0.2) is 36.4 Å². The SMILES string of the molecule is COc1ccc([C@H]2[C@H]3CCCC[C@]3(O)CCN2Cc2cccc(F)c2)c(OC)c1. The second-order valence-corrected chi connectivity index (χ2v) is 8.36. The number of benzene rings is 2. The highest BCUT2D eigenvalue weighted by Crippen LogP contribution is 2.51. The van der Waals surface area contributed by atoms with E-state index in [4.69, 9.17) is 9.47 Å². The van der Waals surface area contributed by atoms with Crippen LogP contribution in [0.3, 0.4) is 0 Å². The van der Waals surface area contributed by atoms with Crippen molar-refractivity contribution in [1.29, 1.82) is 0 Å². The van der Waals surface area contributed by atoms with Crippen LogP contribution in [0.25, 0.3) is 0 Å². The van der Waals surface area contributed by atoms with E-state index in [2.05, 4.69) is 11.0 Å². The quantitative estimate of drug-likeness (QED) is 0.791. The van der Waals surface area contributed by atoms with Gasteiger partial charge in [-0.1, -0.05) is 31.0 Å². The number of hydrogen-bond acceptors (Lipinski definition) is 4. The molecule has 5 heteroatoms. The normalized spacial score (nSPS) is 27.3. The topological polar surface area (TPSA) is 41.9 Å². The Hall–Kier alpha value is -2.11. The summed E-state index contributed by atoms with van der Waals surface area (Å²) in [6.45, 7) is 1.41. The Labute approximate surface area is 172 Å². The predicted octanol–water partition coefficient (Wildman–Crippen LogP) is 4.71. The first kappa shape index (κ1) is 20.2. The van der Waals surface area contributed by atoms with Crippen molar-refractivity contribution in [3.8, 4) is 11.5 Å². The molecule has 29 heavy (non-hydrogen) atoms. The summed E-state index contributed by atoms with van der Waals surface area (Å²) in [5.41, 5.74) is 1.37. The zero-order valence-corrected chi connectivity index (χ0v) is 17.2. The molecule has 1 saturated carbocycles. The van der Waals surface area contributed by atoms with Gasteiger partial charge in [0.2, 0.25) is 0 Å². The van der Waals surface area contributed by atoms with E-state index < -0.39 is 5.60 Å². The fourth-order valence-corrected chi connectivity index (χ4v) is 5.27. The third kappa shape index (κ3) is 3.99. The van der Waals surface area contributed by atoms with E-state index in [1.807, 2.05) is 18.2 Å². The lowest BCUT2D eigenvalue weighted by Crippen LogP contribution is -2.54. The van der Waals surface area contributed by atoms with Crippen molar-refractivity contribution in [2.75, 3.05) is 20.8 Å². The summed E-state index contributed by atoms with van der Waals surface area (Å²) in [6, 6.07) is 12.7. The van der Waals surface area contributed by atoms with Crippen molar-refractivity contribution < 1.29 is 19.0 Å². The van der Waals surface area contributed by atoms with E-state index in [0.29, 0.717) is 6.54 Å². The average molecular weight is 400 g/mol. The molecular weight excluding hydrogens is 369 g/mol. The molecule has 156 valence electrons. The Kier molecular flexibility index (Phi) is 5.79. The Morgan fingerprint density at radius 2 is 1.97 bits per heavy atom. The van der Waals surface area contributed by atoms with Gasteiger partial charge in [0.15, 0.2) is 0 Å². The third-order valence-corrected chi connectivity index (χ3v) is 6.71. The number of nitrogens with zero attached hydrogens (tertiary/aromatic N) is 1. The van der Waals surface area contributed by atoms with Gasteiger partial charge in [-0.25, -0.2) is 4.39 Å². The number of rotatable bonds is 5. The van der Waals surface area contributed by atoms with Gasteiger partial charge in [-0.2, -0.15) is 0 Å². The van der Waals surface area contributed by atoms with Crippen LogP contribution in [0.5, 0.6) is 11.5 Å². The summed E-state index contributed by atoms with van der Waals surface area (Å²) in [6.07, 6.45) is 4.78. The maximum absolute atomic E-state index is 13.8. The highest BCUT2D eigenvalue weighted by atomic mass is 19.1. The highest BCUT2D eigenvalue weighted by Gasteiger charge is 2.49. The first-order valence-electron chi connectivity index (χ1n) is 10.5. The van der Waals surface area contributed by atoms with Crippen LogP contribution in [0.2, 0.25) is 0 Å². The molecule has 0 radical (unpaired) electrons. The number of halogens is 1. The van der Waals surface area contributed by atoms with Crippen LogP contribution >= 0.6 is 0 Å². The zero-order chi connectivity index (χ0) is 20.4. The summed E-state index contributed by atoms with van der Waals surface area (Å²) in [5.74, 6) is 1.43. The van der Waals surface area contributed by atoms with E-state index in [1.165, 1.54) is 6.07 Å². The maximum atomic E-state index is 13.8. The van der Waals surface area contributed by atoms with Crippen LogP contribution in [-0.2, 0) is 6.54 Å². The molecular formula is C24H30FNO3. The minimum Gasteiger partial charge on any atom is -0.497 e. The molecule has 2 fully saturated rings. The zero-order valence-electron chi connectivity index (χ0n) is 17.2. The van der Waals surface area contributed by atoms with Gasteiger partial charge in [0.25, 0.3) is 0 Å². The molecule has 0 amide bonds. The third-order valence-electron chi connectivity index (χ3n) is 6.71. The molecule has 2 aromatic carbocycles. The minimum atomic E-state index is -0.647. The monoisotopic (exact) mass is 399 g/mol. The largest absolute Gasteiger partial charge is 0.497 e. The molecule has 2 aromatic rings. The lowest BCUT2D eigenvalue weighted by atomic mass is 9.66. The number of methoxy groups -OCH3 is 2. The second-order valence-electron chi connectivity index (χ2n) is 8.36. The average Bonchev–Trinajstić information content (AvgIpc) is 2.73. The Morgan fingerprint density at radius 3 is 2.72 bits per heavy atom. The second kappa shape index (κ2) is 8.33. The molecule has 1 N–H and O–H groups in total. The summed E-state index contributed by atoms with van der Waals surface area (Å²) in [5, 5.41) is 11.5. The van der Waals surface area contributed by atoms with Crippen molar-refractivity contribution >= 4 is 0 Å². The summed E-state index contributed by atoms with van der Waals surface area (Å²) in [7, 11) is 3.32. The molecule has 4 rings (SSSR count). The van der Waals surface area contributed by atoms with Gasteiger partial charge in [-0.15, -0.1) is 0 Å². The van der Waals surface area contributed by atoms with Crippen LogP contribution in [0.15, 0.2) is 42.5 Å². The predicted molar refractivity (Wildman–Crippen MR) is 111 cm³/mol. The van der Waals surface area contributed by atoms with Gasteiger partial charge < -0.3 is 14.6 Å². The van der Waals surface area contributed by atoms with Crippen molar-refractivity contribution in [1.82, 2.24) is 4.90 Å². The van der Waals surface area contributed by atoms with E-state index in [-0.39, 0.29) is 17.8 Å². The van der Waals surface area contributed by atoms with Crippen LogP contribution in [0, 0.1) is 11.7 Å². The van der Waals surface area contributed by atoms with Crippen molar-refractivity contribution in [3.63, 3.8) is 0 Å². The molecule has 2 aliphatic rings.